The highest BCUT2D eigenvalue weighted by molar-refractivity contribution is 9.10. The van der Waals surface area contributed by atoms with Crippen molar-refractivity contribution in [1.82, 2.24) is 9.97 Å². The molecule has 1 unspecified atom stereocenters. The van der Waals surface area contributed by atoms with Gasteiger partial charge in [-0.1, -0.05) is 6.07 Å². The van der Waals surface area contributed by atoms with Gasteiger partial charge in [0.15, 0.2) is 0 Å². The Morgan fingerprint density at radius 1 is 1.36 bits per heavy atom. The molecule has 0 saturated carbocycles. The van der Waals surface area contributed by atoms with Crippen LogP contribution in [-0.4, -0.2) is 28.2 Å². The first-order valence-electron chi connectivity index (χ1n) is 6.82. The number of anilines is 1. The summed E-state index contributed by atoms with van der Waals surface area (Å²) in [6, 6.07) is 7.65. The fraction of sp³-hybridized carbons (Fsp3) is 0.267. The lowest BCUT2D eigenvalue weighted by atomic mass is 10.1. The highest BCUT2D eigenvalue weighted by atomic mass is 79.9. The first kappa shape index (κ1) is 15.3. The van der Waals surface area contributed by atoms with Crippen molar-refractivity contribution in [1.29, 1.82) is 0 Å². The molecule has 1 fully saturated rings. The van der Waals surface area contributed by atoms with E-state index >= 15 is 0 Å². The molecule has 5 nitrogen and oxygen atoms in total. The second-order valence-electron chi connectivity index (χ2n) is 5.04. The number of hydrogen-bond acceptors (Lipinski definition) is 5. The minimum Gasteiger partial charge on any atom is -0.424 e. The molecule has 2 aromatic rings. The zero-order chi connectivity index (χ0) is 15.5. The van der Waals surface area contributed by atoms with Gasteiger partial charge in [0.25, 0.3) is 0 Å². The summed E-state index contributed by atoms with van der Waals surface area (Å²) in [5.74, 6) is 1.73. The average molecular weight is 380 g/mol. The summed E-state index contributed by atoms with van der Waals surface area (Å²) < 4.78 is 6.41. The lowest BCUT2D eigenvalue weighted by Gasteiger charge is -2.17. The molecular formula is C15H14BrN3O2S. The van der Waals surface area contributed by atoms with Crippen LogP contribution in [0, 0.1) is 5.92 Å². The number of thiol groups is 1. The van der Waals surface area contributed by atoms with Gasteiger partial charge in [-0.2, -0.15) is 12.6 Å². The summed E-state index contributed by atoms with van der Waals surface area (Å²) in [5.41, 5.74) is 0.823. The van der Waals surface area contributed by atoms with Crippen molar-refractivity contribution in [3.05, 3.63) is 41.1 Å². The van der Waals surface area contributed by atoms with Crippen molar-refractivity contribution in [2.75, 3.05) is 17.2 Å². The second-order valence-corrected chi connectivity index (χ2v) is 6.32. The maximum absolute atomic E-state index is 12.1. The van der Waals surface area contributed by atoms with E-state index < -0.39 is 0 Å². The third kappa shape index (κ3) is 3.41. The van der Waals surface area contributed by atoms with E-state index in [1.165, 1.54) is 0 Å². The van der Waals surface area contributed by atoms with Gasteiger partial charge >= 0.3 is 6.01 Å². The molecule has 0 spiro atoms. The lowest BCUT2D eigenvalue weighted by molar-refractivity contribution is -0.117. The second kappa shape index (κ2) is 6.66. The molecule has 1 aliphatic heterocycles. The smallest absolute Gasteiger partial charge is 0.321 e. The third-order valence-electron chi connectivity index (χ3n) is 3.40. The van der Waals surface area contributed by atoms with Gasteiger partial charge in [0.05, 0.1) is 4.47 Å². The summed E-state index contributed by atoms with van der Waals surface area (Å²) >= 11 is 7.56. The van der Waals surface area contributed by atoms with E-state index in [1.54, 1.807) is 17.3 Å². The summed E-state index contributed by atoms with van der Waals surface area (Å²) in [4.78, 5) is 22.0. The third-order valence-corrected chi connectivity index (χ3v) is 4.32. The van der Waals surface area contributed by atoms with E-state index in [1.807, 2.05) is 24.3 Å². The normalized spacial score (nSPS) is 17.8. The van der Waals surface area contributed by atoms with Gasteiger partial charge in [0.1, 0.15) is 5.75 Å². The molecule has 1 atom stereocenters. The maximum atomic E-state index is 12.1. The van der Waals surface area contributed by atoms with Crippen molar-refractivity contribution >= 4 is 40.2 Å². The topological polar surface area (TPSA) is 55.3 Å². The van der Waals surface area contributed by atoms with Gasteiger partial charge in [0, 0.05) is 37.1 Å². The minimum absolute atomic E-state index is 0.121. The van der Waals surface area contributed by atoms with Gasteiger partial charge in [-0.3, -0.25) is 4.79 Å². The molecule has 3 rings (SSSR count). The number of halogens is 1. The standard InChI is InChI=1S/C15H14BrN3O2S/c16-11-6-17-15(18-7-11)21-13-3-1-2-12(5-13)19-8-10(9-22)4-14(19)20/h1-3,5-7,10,22H,4,8-9H2. The number of aromatic nitrogens is 2. The molecule has 1 saturated heterocycles. The van der Waals surface area contributed by atoms with E-state index in [0.717, 1.165) is 10.2 Å². The average Bonchev–Trinajstić information content (AvgIpc) is 2.91. The summed E-state index contributed by atoms with van der Waals surface area (Å²) in [6.07, 6.45) is 3.78. The van der Waals surface area contributed by atoms with Crippen LogP contribution >= 0.6 is 28.6 Å². The summed E-state index contributed by atoms with van der Waals surface area (Å²) in [5, 5.41) is 0. The van der Waals surface area contributed by atoms with Gasteiger partial charge in [-0.25, -0.2) is 9.97 Å². The number of rotatable bonds is 4. The Labute approximate surface area is 142 Å². The lowest BCUT2D eigenvalue weighted by Crippen LogP contribution is -2.24. The predicted octanol–water partition coefficient (Wildman–Crippen LogP) is 3.31. The Hall–Kier alpha value is -1.60. The molecule has 7 heteroatoms. The highest BCUT2D eigenvalue weighted by Gasteiger charge is 2.29. The van der Waals surface area contributed by atoms with Gasteiger partial charge in [0.2, 0.25) is 5.91 Å². The van der Waals surface area contributed by atoms with Crippen LogP contribution in [0.25, 0.3) is 0 Å². The SMILES string of the molecule is O=C1CC(CS)CN1c1cccc(Oc2ncc(Br)cn2)c1. The van der Waals surface area contributed by atoms with Gasteiger partial charge in [-0.15, -0.1) is 0 Å². The number of carbonyl (C=O) groups excluding carboxylic acids is 1. The van der Waals surface area contributed by atoms with Crippen LogP contribution < -0.4 is 9.64 Å². The van der Waals surface area contributed by atoms with Gasteiger partial charge in [-0.05, 0) is 39.7 Å². The Kier molecular flexibility index (Phi) is 4.63. The molecule has 1 amide bonds. The maximum Gasteiger partial charge on any atom is 0.321 e. The molecule has 1 aromatic carbocycles. The fourth-order valence-electron chi connectivity index (χ4n) is 2.33. The van der Waals surface area contributed by atoms with Crippen molar-refractivity contribution in [3.63, 3.8) is 0 Å². The monoisotopic (exact) mass is 379 g/mol. The number of carbonyl (C=O) groups is 1. The van der Waals surface area contributed by atoms with E-state index in [-0.39, 0.29) is 11.9 Å². The first-order chi connectivity index (χ1) is 10.7. The van der Waals surface area contributed by atoms with Crippen LogP contribution in [0.5, 0.6) is 11.8 Å². The van der Waals surface area contributed by atoms with Crippen LogP contribution in [0.15, 0.2) is 41.1 Å². The molecule has 1 aliphatic rings. The molecule has 0 N–H and O–H groups in total. The molecule has 22 heavy (non-hydrogen) atoms. The predicted molar refractivity (Wildman–Crippen MR) is 90.6 cm³/mol. The highest BCUT2D eigenvalue weighted by Crippen LogP contribution is 2.29. The van der Waals surface area contributed by atoms with Crippen LogP contribution in [-0.2, 0) is 4.79 Å². The van der Waals surface area contributed by atoms with E-state index in [9.17, 15) is 4.79 Å². The molecule has 2 heterocycles. The number of nitrogens with zero attached hydrogens (tertiary/aromatic N) is 3. The Balaban J connectivity index is 1.78. The molecular weight excluding hydrogens is 366 g/mol. The van der Waals surface area contributed by atoms with E-state index in [0.29, 0.717) is 30.4 Å². The molecule has 0 radical (unpaired) electrons. The fourth-order valence-corrected chi connectivity index (χ4v) is 2.78. The summed E-state index contributed by atoms with van der Waals surface area (Å²) in [6.45, 7) is 0.695. The molecule has 0 bridgehead atoms. The number of amides is 1. The number of benzene rings is 1. The van der Waals surface area contributed by atoms with Crippen molar-refractivity contribution in [2.24, 2.45) is 5.92 Å². The van der Waals surface area contributed by atoms with Crippen LogP contribution in [0.4, 0.5) is 5.69 Å². The van der Waals surface area contributed by atoms with E-state index in [4.69, 9.17) is 4.74 Å². The molecule has 1 aromatic heterocycles. The first-order valence-corrected chi connectivity index (χ1v) is 8.25. The Bertz CT molecular complexity index is 681. The van der Waals surface area contributed by atoms with E-state index in [2.05, 4.69) is 38.5 Å². The van der Waals surface area contributed by atoms with Crippen molar-refractivity contribution < 1.29 is 9.53 Å². The van der Waals surface area contributed by atoms with Crippen molar-refractivity contribution in [2.45, 2.75) is 6.42 Å². The Morgan fingerprint density at radius 2 is 2.14 bits per heavy atom. The number of ether oxygens (including phenoxy) is 1. The minimum atomic E-state index is 0.121. The summed E-state index contributed by atoms with van der Waals surface area (Å²) in [7, 11) is 0. The number of hydrogen-bond donors (Lipinski definition) is 1. The molecule has 114 valence electrons. The molecule has 0 aliphatic carbocycles. The van der Waals surface area contributed by atoms with Gasteiger partial charge < -0.3 is 9.64 Å². The quantitative estimate of drug-likeness (QED) is 0.827. The Morgan fingerprint density at radius 3 is 2.82 bits per heavy atom. The van der Waals surface area contributed by atoms with Crippen LogP contribution in [0.1, 0.15) is 6.42 Å². The zero-order valence-electron chi connectivity index (χ0n) is 11.6. The van der Waals surface area contributed by atoms with Crippen molar-refractivity contribution in [3.8, 4) is 11.8 Å². The largest absolute Gasteiger partial charge is 0.424 e. The zero-order valence-corrected chi connectivity index (χ0v) is 14.1. The van der Waals surface area contributed by atoms with Crippen LogP contribution in [0.3, 0.4) is 0 Å². The van der Waals surface area contributed by atoms with Crippen LogP contribution in [0.2, 0.25) is 0 Å².